The zero-order chi connectivity index (χ0) is 11.0. The van der Waals surface area contributed by atoms with Crippen molar-refractivity contribution in [2.75, 3.05) is 26.7 Å². The second-order valence-electron chi connectivity index (χ2n) is 3.73. The molecule has 0 saturated heterocycles. The predicted molar refractivity (Wildman–Crippen MR) is 57.1 cm³/mol. The van der Waals surface area contributed by atoms with Crippen LogP contribution in [0.25, 0.3) is 0 Å². The number of carbonyl (C=O) groups is 1. The second-order valence-corrected chi connectivity index (χ2v) is 3.73. The van der Waals surface area contributed by atoms with Crippen molar-refractivity contribution < 1.29 is 9.90 Å². The maximum atomic E-state index is 11.2. The molecule has 0 aromatic heterocycles. The van der Waals surface area contributed by atoms with Crippen LogP contribution in [0, 0.1) is 0 Å². The van der Waals surface area contributed by atoms with Crippen LogP contribution in [-0.2, 0) is 4.79 Å². The van der Waals surface area contributed by atoms with E-state index in [9.17, 15) is 4.79 Å². The van der Waals surface area contributed by atoms with Crippen molar-refractivity contribution in [1.82, 2.24) is 10.2 Å². The number of nitrogens with zero attached hydrogens (tertiary/aromatic N) is 1. The Bertz CT molecular complexity index is 160. The van der Waals surface area contributed by atoms with E-state index < -0.39 is 0 Å². The summed E-state index contributed by atoms with van der Waals surface area (Å²) < 4.78 is 0. The van der Waals surface area contributed by atoms with Gasteiger partial charge in [0.25, 0.3) is 0 Å². The van der Waals surface area contributed by atoms with Crippen molar-refractivity contribution in [3.05, 3.63) is 0 Å². The van der Waals surface area contributed by atoms with Crippen LogP contribution in [0.15, 0.2) is 0 Å². The number of amides is 1. The van der Waals surface area contributed by atoms with Crippen LogP contribution in [0.1, 0.15) is 26.7 Å². The maximum Gasteiger partial charge on any atom is 0.234 e. The minimum atomic E-state index is -0.295. The molecule has 0 aliphatic heterocycles. The summed E-state index contributed by atoms with van der Waals surface area (Å²) in [7, 11) is 1.88. The molecule has 0 saturated carbocycles. The van der Waals surface area contributed by atoms with Gasteiger partial charge < -0.3 is 10.4 Å². The molecule has 4 nitrogen and oxygen atoms in total. The van der Waals surface area contributed by atoms with E-state index in [0.717, 1.165) is 19.5 Å². The lowest BCUT2D eigenvalue weighted by Gasteiger charge is -2.16. The Labute approximate surface area is 86.3 Å². The van der Waals surface area contributed by atoms with Crippen LogP contribution in [-0.4, -0.2) is 48.7 Å². The minimum absolute atomic E-state index is 0.0555. The van der Waals surface area contributed by atoms with Crippen LogP contribution in [0.5, 0.6) is 0 Å². The van der Waals surface area contributed by atoms with Gasteiger partial charge in [0.2, 0.25) is 5.91 Å². The molecule has 0 bridgehead atoms. The van der Waals surface area contributed by atoms with Gasteiger partial charge in [-0.2, -0.15) is 0 Å². The van der Waals surface area contributed by atoms with Gasteiger partial charge in [0.05, 0.1) is 12.6 Å². The Kier molecular flexibility index (Phi) is 7.42. The van der Waals surface area contributed by atoms with Crippen LogP contribution in [0.4, 0.5) is 0 Å². The van der Waals surface area contributed by atoms with Gasteiger partial charge >= 0.3 is 0 Å². The van der Waals surface area contributed by atoms with Gasteiger partial charge in [0.15, 0.2) is 0 Å². The molecule has 1 unspecified atom stereocenters. The van der Waals surface area contributed by atoms with Crippen molar-refractivity contribution >= 4 is 5.91 Å². The molecule has 1 amide bonds. The van der Waals surface area contributed by atoms with E-state index in [1.807, 2.05) is 18.9 Å². The van der Waals surface area contributed by atoms with Crippen molar-refractivity contribution in [2.45, 2.75) is 32.8 Å². The molecule has 0 heterocycles. The SMILES string of the molecule is CCCNC(=O)CN(C)CCC(C)O. The lowest BCUT2D eigenvalue weighted by atomic mass is 10.3. The van der Waals surface area contributed by atoms with Gasteiger partial charge in [0, 0.05) is 13.1 Å². The lowest BCUT2D eigenvalue weighted by Crippen LogP contribution is -2.36. The molecular weight excluding hydrogens is 180 g/mol. The van der Waals surface area contributed by atoms with Crippen LogP contribution in [0.2, 0.25) is 0 Å². The standard InChI is InChI=1S/C10H22N2O2/c1-4-6-11-10(14)8-12(3)7-5-9(2)13/h9,13H,4-8H2,1-3H3,(H,11,14). The molecule has 0 fully saturated rings. The second kappa shape index (κ2) is 7.76. The number of hydrogen-bond acceptors (Lipinski definition) is 3. The van der Waals surface area contributed by atoms with E-state index in [4.69, 9.17) is 5.11 Å². The number of hydrogen-bond donors (Lipinski definition) is 2. The van der Waals surface area contributed by atoms with Crippen molar-refractivity contribution in [3.63, 3.8) is 0 Å². The summed E-state index contributed by atoms with van der Waals surface area (Å²) in [5.41, 5.74) is 0. The van der Waals surface area contributed by atoms with Gasteiger partial charge in [-0.15, -0.1) is 0 Å². The zero-order valence-electron chi connectivity index (χ0n) is 9.42. The number of rotatable bonds is 7. The summed E-state index contributed by atoms with van der Waals surface area (Å²) in [6.45, 7) is 5.68. The Hall–Kier alpha value is -0.610. The van der Waals surface area contributed by atoms with E-state index in [0.29, 0.717) is 13.0 Å². The van der Waals surface area contributed by atoms with Gasteiger partial charge in [-0.3, -0.25) is 9.69 Å². The Morgan fingerprint density at radius 1 is 1.57 bits per heavy atom. The third kappa shape index (κ3) is 8.01. The van der Waals surface area contributed by atoms with Crippen LogP contribution >= 0.6 is 0 Å². The molecule has 1 atom stereocenters. The smallest absolute Gasteiger partial charge is 0.234 e. The highest BCUT2D eigenvalue weighted by Crippen LogP contribution is 1.92. The van der Waals surface area contributed by atoms with E-state index in [-0.39, 0.29) is 12.0 Å². The molecule has 0 aliphatic carbocycles. The normalized spacial score (nSPS) is 12.9. The number of aliphatic hydroxyl groups excluding tert-OH is 1. The minimum Gasteiger partial charge on any atom is -0.393 e. The maximum absolute atomic E-state index is 11.2. The largest absolute Gasteiger partial charge is 0.393 e. The van der Waals surface area contributed by atoms with E-state index >= 15 is 0 Å². The number of carbonyl (C=O) groups excluding carboxylic acids is 1. The van der Waals surface area contributed by atoms with Gasteiger partial charge in [-0.05, 0) is 26.8 Å². The molecule has 4 heteroatoms. The third-order valence-electron chi connectivity index (χ3n) is 1.91. The fourth-order valence-corrected chi connectivity index (χ4v) is 1.05. The molecular formula is C10H22N2O2. The highest BCUT2D eigenvalue weighted by molar-refractivity contribution is 5.77. The summed E-state index contributed by atoms with van der Waals surface area (Å²) in [6.07, 6.45) is 1.37. The first kappa shape index (κ1) is 13.4. The molecule has 0 spiro atoms. The summed E-state index contributed by atoms with van der Waals surface area (Å²) in [4.78, 5) is 13.2. The highest BCUT2D eigenvalue weighted by Gasteiger charge is 2.06. The van der Waals surface area contributed by atoms with Crippen LogP contribution in [0.3, 0.4) is 0 Å². The molecule has 84 valence electrons. The topological polar surface area (TPSA) is 52.6 Å². The molecule has 0 radical (unpaired) electrons. The quantitative estimate of drug-likeness (QED) is 0.621. The Balaban J connectivity index is 3.50. The fraction of sp³-hybridized carbons (Fsp3) is 0.900. The summed E-state index contributed by atoms with van der Waals surface area (Å²) in [5, 5.41) is 11.9. The lowest BCUT2D eigenvalue weighted by molar-refractivity contribution is -0.122. The van der Waals surface area contributed by atoms with Gasteiger partial charge in [0.1, 0.15) is 0 Å². The van der Waals surface area contributed by atoms with Crippen molar-refractivity contribution in [2.24, 2.45) is 0 Å². The average molecular weight is 202 g/mol. The summed E-state index contributed by atoms with van der Waals surface area (Å²) in [5.74, 6) is 0.0555. The average Bonchev–Trinajstić information content (AvgIpc) is 2.11. The Morgan fingerprint density at radius 2 is 2.21 bits per heavy atom. The first-order valence-electron chi connectivity index (χ1n) is 5.19. The monoisotopic (exact) mass is 202 g/mol. The van der Waals surface area contributed by atoms with Crippen LogP contribution < -0.4 is 5.32 Å². The molecule has 0 aliphatic rings. The third-order valence-corrected chi connectivity index (χ3v) is 1.91. The first-order valence-corrected chi connectivity index (χ1v) is 5.19. The molecule has 0 rings (SSSR count). The molecule has 0 aromatic carbocycles. The van der Waals surface area contributed by atoms with E-state index in [1.165, 1.54) is 0 Å². The van der Waals surface area contributed by atoms with E-state index in [1.54, 1.807) is 6.92 Å². The first-order chi connectivity index (χ1) is 6.56. The number of nitrogens with one attached hydrogen (secondary N) is 1. The zero-order valence-corrected chi connectivity index (χ0v) is 9.42. The molecule has 2 N–H and O–H groups in total. The highest BCUT2D eigenvalue weighted by atomic mass is 16.3. The van der Waals surface area contributed by atoms with Crippen molar-refractivity contribution in [3.8, 4) is 0 Å². The number of aliphatic hydroxyl groups is 1. The molecule has 14 heavy (non-hydrogen) atoms. The summed E-state index contributed by atoms with van der Waals surface area (Å²) >= 11 is 0. The van der Waals surface area contributed by atoms with E-state index in [2.05, 4.69) is 5.32 Å². The molecule has 0 aromatic rings. The fourth-order valence-electron chi connectivity index (χ4n) is 1.05. The van der Waals surface area contributed by atoms with Gasteiger partial charge in [-0.25, -0.2) is 0 Å². The number of likely N-dealkylation sites (N-methyl/N-ethyl adjacent to an activating group) is 1. The van der Waals surface area contributed by atoms with Gasteiger partial charge in [-0.1, -0.05) is 6.92 Å². The Morgan fingerprint density at radius 3 is 2.71 bits per heavy atom. The van der Waals surface area contributed by atoms with Crippen molar-refractivity contribution in [1.29, 1.82) is 0 Å². The summed E-state index contributed by atoms with van der Waals surface area (Å²) in [6, 6.07) is 0. The predicted octanol–water partition coefficient (Wildman–Crippen LogP) is 0.215.